The molecule has 8 heteroatoms. The average Bonchev–Trinajstić information content (AvgIpc) is 3.29. The Bertz CT molecular complexity index is 1010. The largest absolute Gasteiger partial charge is 0.476 e. The van der Waals surface area contributed by atoms with Gasteiger partial charge < -0.3 is 10.4 Å². The van der Waals surface area contributed by atoms with E-state index in [1.807, 2.05) is 16.9 Å². The molecule has 0 aliphatic heterocycles. The van der Waals surface area contributed by atoms with Crippen molar-refractivity contribution in [2.75, 3.05) is 6.54 Å². The van der Waals surface area contributed by atoms with Gasteiger partial charge in [0.05, 0.1) is 18.1 Å². The molecule has 142 valence electrons. The van der Waals surface area contributed by atoms with Gasteiger partial charge in [0.1, 0.15) is 0 Å². The maximum absolute atomic E-state index is 12.6. The van der Waals surface area contributed by atoms with Crippen molar-refractivity contribution >= 4 is 11.9 Å². The molecule has 0 saturated heterocycles. The Labute approximate surface area is 161 Å². The molecule has 0 radical (unpaired) electrons. The predicted molar refractivity (Wildman–Crippen MR) is 101 cm³/mol. The molecule has 1 aliphatic rings. The fraction of sp³-hybridized carbons (Fsp3) is 0.250. The Morgan fingerprint density at radius 1 is 1.21 bits per heavy atom. The summed E-state index contributed by atoms with van der Waals surface area (Å²) in [5.74, 6) is -1.31. The minimum Gasteiger partial charge on any atom is -0.476 e. The number of benzene rings is 1. The summed E-state index contributed by atoms with van der Waals surface area (Å²) in [6.07, 6.45) is 8.47. The van der Waals surface area contributed by atoms with Crippen molar-refractivity contribution < 1.29 is 14.7 Å². The third-order valence-corrected chi connectivity index (χ3v) is 4.91. The van der Waals surface area contributed by atoms with Gasteiger partial charge in [0.15, 0.2) is 5.69 Å². The molecule has 4 rings (SSSR count). The van der Waals surface area contributed by atoms with E-state index in [4.69, 9.17) is 5.11 Å². The molecule has 3 aromatic rings. The summed E-state index contributed by atoms with van der Waals surface area (Å²) in [6.45, 7) is 1.38. The van der Waals surface area contributed by atoms with E-state index in [0.717, 1.165) is 19.4 Å². The zero-order valence-electron chi connectivity index (χ0n) is 15.1. The van der Waals surface area contributed by atoms with Gasteiger partial charge in [-0.05, 0) is 31.0 Å². The van der Waals surface area contributed by atoms with Crippen LogP contribution in [0.4, 0.5) is 0 Å². The molecule has 0 unspecified atom stereocenters. The van der Waals surface area contributed by atoms with Crippen LogP contribution in [0.15, 0.2) is 55.1 Å². The third-order valence-electron chi connectivity index (χ3n) is 4.91. The molecule has 1 saturated carbocycles. The molecule has 2 heterocycles. The first-order valence-corrected chi connectivity index (χ1v) is 8.96. The van der Waals surface area contributed by atoms with Crippen LogP contribution in [0.1, 0.15) is 33.7 Å². The molecule has 1 aliphatic carbocycles. The van der Waals surface area contributed by atoms with Gasteiger partial charge in [-0.25, -0.2) is 9.78 Å². The lowest BCUT2D eigenvalue weighted by molar-refractivity contribution is 0.0689. The lowest BCUT2D eigenvalue weighted by Gasteiger charge is -2.16. The molecular weight excluding hydrogens is 358 g/mol. The van der Waals surface area contributed by atoms with Crippen molar-refractivity contribution in [1.82, 2.24) is 25.1 Å². The first kappa shape index (κ1) is 17.8. The zero-order chi connectivity index (χ0) is 19.6. The quantitative estimate of drug-likeness (QED) is 0.653. The number of aromatic carboxylic acids is 1. The average molecular weight is 377 g/mol. The lowest BCUT2D eigenvalue weighted by Crippen LogP contribution is -2.32. The van der Waals surface area contributed by atoms with Gasteiger partial charge in [-0.3, -0.25) is 14.5 Å². The van der Waals surface area contributed by atoms with Crippen molar-refractivity contribution in [3.05, 3.63) is 66.4 Å². The van der Waals surface area contributed by atoms with E-state index in [0.29, 0.717) is 23.4 Å². The van der Waals surface area contributed by atoms with Gasteiger partial charge in [0.25, 0.3) is 5.91 Å². The molecule has 1 amide bonds. The molecule has 0 spiro atoms. The second-order valence-electron chi connectivity index (χ2n) is 7.06. The molecule has 2 N–H and O–H groups in total. The fourth-order valence-corrected chi connectivity index (χ4v) is 3.10. The zero-order valence-corrected chi connectivity index (χ0v) is 15.1. The number of amides is 1. The Morgan fingerprint density at radius 2 is 2.07 bits per heavy atom. The van der Waals surface area contributed by atoms with Crippen LogP contribution in [0.5, 0.6) is 0 Å². The van der Waals surface area contributed by atoms with Gasteiger partial charge >= 0.3 is 5.97 Å². The van der Waals surface area contributed by atoms with E-state index >= 15 is 0 Å². The number of aromatic nitrogens is 4. The number of hydrogen-bond donors (Lipinski definition) is 2. The number of carboxylic acid groups (broad SMARTS) is 1. The van der Waals surface area contributed by atoms with E-state index in [9.17, 15) is 9.59 Å². The van der Waals surface area contributed by atoms with Gasteiger partial charge in [0, 0.05) is 42.0 Å². The van der Waals surface area contributed by atoms with Crippen molar-refractivity contribution in [1.29, 1.82) is 0 Å². The number of rotatable bonds is 7. The minimum absolute atomic E-state index is 0.0700. The van der Waals surface area contributed by atoms with Gasteiger partial charge in [-0.1, -0.05) is 12.1 Å². The highest BCUT2D eigenvalue weighted by atomic mass is 16.4. The Balaban J connectivity index is 1.45. The molecule has 1 fully saturated rings. The highest BCUT2D eigenvalue weighted by Gasteiger charge is 2.43. The van der Waals surface area contributed by atoms with Crippen LogP contribution in [0.3, 0.4) is 0 Å². The monoisotopic (exact) mass is 377 g/mol. The summed E-state index contributed by atoms with van der Waals surface area (Å²) in [5, 5.41) is 16.3. The SMILES string of the molecule is O=C(NCC1(Cn2cccn2)CC1)c1cccc(-c2cncc(C(=O)O)n2)c1. The summed E-state index contributed by atoms with van der Waals surface area (Å²) in [5.41, 5.74) is 1.48. The van der Waals surface area contributed by atoms with Crippen LogP contribution < -0.4 is 5.32 Å². The molecule has 2 aromatic heterocycles. The van der Waals surface area contributed by atoms with Crippen molar-refractivity contribution in [3.8, 4) is 11.3 Å². The summed E-state index contributed by atoms with van der Waals surface area (Å²) in [7, 11) is 0. The van der Waals surface area contributed by atoms with E-state index in [1.165, 1.54) is 12.4 Å². The van der Waals surface area contributed by atoms with E-state index in [-0.39, 0.29) is 17.0 Å². The molecule has 0 atom stereocenters. The molecule has 1 aromatic carbocycles. The van der Waals surface area contributed by atoms with Crippen molar-refractivity contribution in [2.24, 2.45) is 5.41 Å². The Hall–Kier alpha value is -3.55. The van der Waals surface area contributed by atoms with Crippen LogP contribution >= 0.6 is 0 Å². The highest BCUT2D eigenvalue weighted by molar-refractivity contribution is 5.95. The fourth-order valence-electron chi connectivity index (χ4n) is 3.10. The molecule has 0 bridgehead atoms. The van der Waals surface area contributed by atoms with Gasteiger partial charge in [0.2, 0.25) is 0 Å². The Morgan fingerprint density at radius 3 is 2.79 bits per heavy atom. The molecule has 8 nitrogen and oxygen atoms in total. The number of carboxylic acids is 1. The van der Waals surface area contributed by atoms with E-state index < -0.39 is 5.97 Å². The summed E-state index contributed by atoms with van der Waals surface area (Å²) in [6, 6.07) is 8.82. The number of nitrogens with zero attached hydrogens (tertiary/aromatic N) is 4. The number of carbonyl (C=O) groups excluding carboxylic acids is 1. The van der Waals surface area contributed by atoms with Crippen LogP contribution in [0.2, 0.25) is 0 Å². The topological polar surface area (TPSA) is 110 Å². The number of hydrogen-bond acceptors (Lipinski definition) is 5. The first-order valence-electron chi connectivity index (χ1n) is 8.96. The number of nitrogens with one attached hydrogen (secondary N) is 1. The minimum atomic E-state index is -1.14. The van der Waals surface area contributed by atoms with Crippen molar-refractivity contribution in [3.63, 3.8) is 0 Å². The smallest absolute Gasteiger partial charge is 0.356 e. The maximum Gasteiger partial charge on any atom is 0.356 e. The van der Waals surface area contributed by atoms with Crippen LogP contribution in [0, 0.1) is 5.41 Å². The summed E-state index contributed by atoms with van der Waals surface area (Å²) in [4.78, 5) is 31.7. The second-order valence-corrected chi connectivity index (χ2v) is 7.06. The van der Waals surface area contributed by atoms with Crippen LogP contribution in [0.25, 0.3) is 11.3 Å². The standard InChI is InChI=1S/C20H19N5O3/c26-18(22-12-20(5-6-20)13-25-8-2-7-23-25)15-4-1-3-14(9-15)16-10-21-11-17(24-16)19(27)28/h1-4,7-11H,5-6,12-13H2,(H,22,26)(H,27,28). The predicted octanol–water partition coefficient (Wildman–Crippen LogP) is 2.25. The van der Waals surface area contributed by atoms with E-state index in [1.54, 1.807) is 30.5 Å². The molecular formula is C20H19N5O3. The van der Waals surface area contributed by atoms with E-state index in [2.05, 4.69) is 20.4 Å². The van der Waals surface area contributed by atoms with Gasteiger partial charge in [-0.15, -0.1) is 0 Å². The highest BCUT2D eigenvalue weighted by Crippen LogP contribution is 2.46. The maximum atomic E-state index is 12.6. The van der Waals surface area contributed by atoms with Crippen LogP contribution in [-0.2, 0) is 6.54 Å². The summed E-state index contributed by atoms with van der Waals surface area (Å²) < 4.78 is 1.90. The van der Waals surface area contributed by atoms with Crippen molar-refractivity contribution in [2.45, 2.75) is 19.4 Å². The first-order chi connectivity index (χ1) is 13.5. The number of carbonyl (C=O) groups is 2. The second kappa shape index (κ2) is 7.22. The summed E-state index contributed by atoms with van der Waals surface area (Å²) >= 11 is 0. The Kier molecular flexibility index (Phi) is 4.60. The van der Waals surface area contributed by atoms with Crippen LogP contribution in [-0.4, -0.2) is 43.3 Å². The van der Waals surface area contributed by atoms with Gasteiger partial charge in [-0.2, -0.15) is 5.10 Å². The third kappa shape index (κ3) is 3.90. The normalized spacial score (nSPS) is 14.4. The lowest BCUT2D eigenvalue weighted by atomic mass is 10.1. The molecule has 28 heavy (non-hydrogen) atoms.